The van der Waals surface area contributed by atoms with Crippen LogP contribution in [-0.4, -0.2) is 47.4 Å². The van der Waals surface area contributed by atoms with Gasteiger partial charge in [0.05, 0.1) is 25.4 Å². The van der Waals surface area contributed by atoms with Gasteiger partial charge >= 0.3 is 5.97 Å². The van der Waals surface area contributed by atoms with Crippen LogP contribution in [0, 0.1) is 0 Å². The van der Waals surface area contributed by atoms with Crippen molar-refractivity contribution in [2.45, 2.75) is 353 Å². The Kier molecular flexibility index (Phi) is 57.5. The second kappa shape index (κ2) is 58.9. The zero-order valence-corrected chi connectivity index (χ0v) is 46.6. The first kappa shape index (κ1) is 67.3. The van der Waals surface area contributed by atoms with E-state index < -0.39 is 12.1 Å². The van der Waals surface area contributed by atoms with Gasteiger partial charge in [0.2, 0.25) is 5.91 Å². The fourth-order valence-corrected chi connectivity index (χ4v) is 9.72. The third-order valence-electron chi connectivity index (χ3n) is 14.5. The van der Waals surface area contributed by atoms with Gasteiger partial charge in [0, 0.05) is 12.8 Å². The molecule has 6 heteroatoms. The number of aliphatic hydroxyl groups is 2. The summed E-state index contributed by atoms with van der Waals surface area (Å²) >= 11 is 0. The maximum absolute atomic E-state index is 12.5. The summed E-state index contributed by atoms with van der Waals surface area (Å²) in [4.78, 5) is 24.6. The molecule has 0 aromatic heterocycles. The lowest BCUT2D eigenvalue weighted by atomic mass is 10.0. The van der Waals surface area contributed by atoms with Gasteiger partial charge in [-0.3, -0.25) is 9.59 Å². The van der Waals surface area contributed by atoms with E-state index in [-0.39, 0.29) is 18.5 Å². The minimum Gasteiger partial charge on any atom is -0.466 e. The summed E-state index contributed by atoms with van der Waals surface area (Å²) in [6, 6.07) is -0.545. The molecule has 408 valence electrons. The molecule has 0 aliphatic rings. The zero-order valence-electron chi connectivity index (χ0n) is 46.6. The number of hydrogen-bond acceptors (Lipinski definition) is 5. The van der Waals surface area contributed by atoms with E-state index in [1.54, 1.807) is 0 Å². The van der Waals surface area contributed by atoms with E-state index in [0.717, 1.165) is 51.4 Å². The largest absolute Gasteiger partial charge is 0.466 e. The molecule has 0 aliphatic heterocycles. The number of rotatable bonds is 58. The number of carbonyl (C=O) groups is 2. The highest BCUT2D eigenvalue weighted by molar-refractivity contribution is 5.76. The van der Waals surface area contributed by atoms with Crippen molar-refractivity contribution in [2.75, 3.05) is 13.2 Å². The van der Waals surface area contributed by atoms with Crippen LogP contribution in [0.5, 0.6) is 0 Å². The van der Waals surface area contributed by atoms with Crippen molar-refractivity contribution in [2.24, 2.45) is 0 Å². The Balaban J connectivity index is 3.41. The summed E-state index contributed by atoms with van der Waals surface area (Å²) in [5.41, 5.74) is 0. The van der Waals surface area contributed by atoms with Gasteiger partial charge in [0.1, 0.15) is 0 Å². The van der Waals surface area contributed by atoms with E-state index in [2.05, 4.69) is 43.5 Å². The summed E-state index contributed by atoms with van der Waals surface area (Å²) in [7, 11) is 0. The van der Waals surface area contributed by atoms with Crippen LogP contribution in [-0.2, 0) is 14.3 Å². The van der Waals surface area contributed by atoms with Gasteiger partial charge in [0.15, 0.2) is 0 Å². The van der Waals surface area contributed by atoms with Crippen LogP contribution in [0.3, 0.4) is 0 Å². The minimum absolute atomic E-state index is 0.00664. The molecule has 0 saturated carbocycles. The molecule has 0 fully saturated rings. The summed E-state index contributed by atoms with van der Waals surface area (Å²) < 4.78 is 5.47. The van der Waals surface area contributed by atoms with Crippen LogP contribution < -0.4 is 5.32 Å². The molecule has 0 rings (SSSR count). The van der Waals surface area contributed by atoms with Crippen molar-refractivity contribution in [3.63, 3.8) is 0 Å². The molecular formula is C63H121NO5. The van der Waals surface area contributed by atoms with E-state index in [1.807, 2.05) is 0 Å². The van der Waals surface area contributed by atoms with Gasteiger partial charge in [-0.15, -0.1) is 0 Å². The average Bonchev–Trinajstić information content (AvgIpc) is 3.35. The van der Waals surface area contributed by atoms with Crippen LogP contribution in [0.4, 0.5) is 0 Å². The highest BCUT2D eigenvalue weighted by atomic mass is 16.5. The Labute approximate surface area is 431 Å². The molecule has 2 unspecified atom stereocenters. The number of carbonyl (C=O) groups excluding carboxylic acids is 2. The molecule has 69 heavy (non-hydrogen) atoms. The lowest BCUT2D eigenvalue weighted by Crippen LogP contribution is -2.45. The van der Waals surface area contributed by atoms with Crippen molar-refractivity contribution in [3.05, 3.63) is 24.3 Å². The van der Waals surface area contributed by atoms with E-state index in [0.29, 0.717) is 25.9 Å². The Bertz CT molecular complexity index is 1080. The fraction of sp³-hybridized carbons (Fsp3) is 0.905. The number of amides is 1. The number of nitrogens with one attached hydrogen (secondary N) is 1. The predicted molar refractivity (Wildman–Crippen MR) is 301 cm³/mol. The second-order valence-corrected chi connectivity index (χ2v) is 21.4. The Morgan fingerprint density at radius 3 is 1.14 bits per heavy atom. The van der Waals surface area contributed by atoms with E-state index in [1.165, 1.54) is 257 Å². The molecule has 1 amide bonds. The highest BCUT2D eigenvalue weighted by Gasteiger charge is 2.20. The molecule has 0 aromatic carbocycles. The van der Waals surface area contributed by atoms with Gasteiger partial charge in [-0.05, 0) is 51.4 Å². The molecular weight excluding hydrogens is 851 g/mol. The van der Waals surface area contributed by atoms with Gasteiger partial charge in [-0.2, -0.15) is 0 Å². The van der Waals surface area contributed by atoms with E-state index in [9.17, 15) is 19.8 Å². The Morgan fingerprint density at radius 1 is 0.406 bits per heavy atom. The first-order valence-electron chi connectivity index (χ1n) is 31.1. The van der Waals surface area contributed by atoms with E-state index in [4.69, 9.17) is 4.74 Å². The van der Waals surface area contributed by atoms with Crippen molar-refractivity contribution in [1.82, 2.24) is 5.32 Å². The molecule has 6 nitrogen and oxygen atoms in total. The molecule has 0 spiro atoms. The molecule has 0 radical (unpaired) electrons. The number of esters is 1. The molecule has 0 aromatic rings. The average molecular weight is 973 g/mol. The topological polar surface area (TPSA) is 95.9 Å². The van der Waals surface area contributed by atoms with Crippen molar-refractivity contribution < 1.29 is 24.5 Å². The van der Waals surface area contributed by atoms with Crippen LogP contribution in [0.25, 0.3) is 0 Å². The number of hydrogen-bond donors (Lipinski definition) is 3. The summed E-state index contributed by atoms with van der Waals surface area (Å²) in [5, 5.41) is 23.4. The molecule has 0 bridgehead atoms. The number of allylic oxidation sites excluding steroid dienone is 4. The van der Waals surface area contributed by atoms with Crippen molar-refractivity contribution in [3.8, 4) is 0 Å². The van der Waals surface area contributed by atoms with E-state index >= 15 is 0 Å². The van der Waals surface area contributed by atoms with Crippen LogP contribution in [0.2, 0.25) is 0 Å². The minimum atomic E-state index is -0.668. The Hall–Kier alpha value is -1.66. The standard InChI is InChI=1S/C63H121NO5/c1-3-5-7-9-11-13-15-17-19-20-21-22-25-28-31-35-39-43-47-51-55-61(66)60(59-65)64-62(67)56-52-48-44-40-36-32-29-26-23-24-27-30-34-38-42-46-50-54-58-69-63(68)57-53-49-45-41-37-33-18-16-14-12-10-8-6-4-2/h10,12,16,18,60-61,65-66H,3-9,11,13-15,17,19-59H2,1-2H3,(H,64,67)/b12-10-,18-16-. The lowest BCUT2D eigenvalue weighted by molar-refractivity contribution is -0.143. The van der Waals surface area contributed by atoms with Crippen LogP contribution in [0.1, 0.15) is 341 Å². The molecule has 0 aliphatic carbocycles. The molecule has 2 atom stereocenters. The first-order valence-corrected chi connectivity index (χ1v) is 31.1. The van der Waals surface area contributed by atoms with Crippen LogP contribution in [0.15, 0.2) is 24.3 Å². The third kappa shape index (κ3) is 55.5. The maximum atomic E-state index is 12.5. The maximum Gasteiger partial charge on any atom is 0.305 e. The summed E-state index contributed by atoms with van der Waals surface area (Å²) in [5.74, 6) is -0.0428. The quantitative estimate of drug-likeness (QED) is 0.0321. The zero-order chi connectivity index (χ0) is 50.0. The normalized spacial score (nSPS) is 12.7. The number of ether oxygens (including phenoxy) is 1. The summed E-state index contributed by atoms with van der Waals surface area (Å²) in [6.07, 6.45) is 71.8. The molecule has 0 heterocycles. The lowest BCUT2D eigenvalue weighted by Gasteiger charge is -2.22. The van der Waals surface area contributed by atoms with Gasteiger partial charge < -0.3 is 20.3 Å². The fourth-order valence-electron chi connectivity index (χ4n) is 9.72. The van der Waals surface area contributed by atoms with Gasteiger partial charge in [0.25, 0.3) is 0 Å². The Morgan fingerprint density at radius 2 is 0.739 bits per heavy atom. The molecule has 3 N–H and O–H groups in total. The first-order chi connectivity index (χ1) is 34.0. The SMILES string of the molecule is CCCC/C=C\C/C=C\CCCCCCCC(=O)OCCCCCCCCCCCCCCCCCCCCC(=O)NC(CO)C(O)CCCCCCCCCCCCCCCCCCCCCC. The summed E-state index contributed by atoms with van der Waals surface area (Å²) in [6.45, 7) is 4.92. The highest BCUT2D eigenvalue weighted by Crippen LogP contribution is 2.18. The number of aliphatic hydroxyl groups excluding tert-OH is 2. The van der Waals surface area contributed by atoms with Gasteiger partial charge in [-0.1, -0.05) is 301 Å². The van der Waals surface area contributed by atoms with Crippen LogP contribution >= 0.6 is 0 Å². The second-order valence-electron chi connectivity index (χ2n) is 21.4. The monoisotopic (exact) mass is 972 g/mol. The number of unbranched alkanes of at least 4 members (excludes halogenated alkanes) is 43. The van der Waals surface area contributed by atoms with Crippen molar-refractivity contribution in [1.29, 1.82) is 0 Å². The van der Waals surface area contributed by atoms with Crippen molar-refractivity contribution >= 4 is 11.9 Å². The predicted octanol–water partition coefficient (Wildman–Crippen LogP) is 19.4. The molecule has 0 saturated heterocycles. The smallest absolute Gasteiger partial charge is 0.305 e. The third-order valence-corrected chi connectivity index (χ3v) is 14.5. The van der Waals surface area contributed by atoms with Gasteiger partial charge in [-0.25, -0.2) is 0 Å².